The molecule has 2 aromatic rings. The van der Waals surface area contributed by atoms with Crippen molar-refractivity contribution in [3.8, 4) is 5.75 Å². The lowest BCUT2D eigenvalue weighted by Gasteiger charge is -2.10. The van der Waals surface area contributed by atoms with Crippen molar-refractivity contribution in [1.29, 1.82) is 0 Å². The molecule has 0 fully saturated rings. The van der Waals surface area contributed by atoms with Gasteiger partial charge in [0.25, 0.3) is 0 Å². The van der Waals surface area contributed by atoms with Gasteiger partial charge >= 0.3 is 6.36 Å². The van der Waals surface area contributed by atoms with Crippen LogP contribution in [-0.2, 0) is 0 Å². The van der Waals surface area contributed by atoms with E-state index >= 15 is 0 Å². The largest absolute Gasteiger partial charge is 0.573 e. The molecule has 0 saturated heterocycles. The summed E-state index contributed by atoms with van der Waals surface area (Å²) in [5.41, 5.74) is 0. The van der Waals surface area contributed by atoms with Gasteiger partial charge in [0.1, 0.15) is 23.7 Å². The monoisotopic (exact) mass is 256 g/mol. The number of halogens is 3. The van der Waals surface area contributed by atoms with E-state index in [1.54, 1.807) is 6.07 Å². The van der Waals surface area contributed by atoms with Gasteiger partial charge in [-0.25, -0.2) is 15.0 Å². The molecule has 2 rings (SSSR count). The van der Waals surface area contributed by atoms with Crippen LogP contribution in [0.15, 0.2) is 36.9 Å². The van der Waals surface area contributed by atoms with E-state index in [2.05, 4.69) is 25.0 Å². The molecule has 0 aliphatic rings. The van der Waals surface area contributed by atoms with E-state index in [-0.39, 0.29) is 11.6 Å². The highest BCUT2D eigenvalue weighted by molar-refractivity contribution is 5.52. The second-order valence-electron chi connectivity index (χ2n) is 3.14. The average molecular weight is 256 g/mol. The molecule has 2 heterocycles. The van der Waals surface area contributed by atoms with Crippen LogP contribution in [0.25, 0.3) is 0 Å². The van der Waals surface area contributed by atoms with Crippen molar-refractivity contribution in [2.24, 2.45) is 0 Å². The zero-order chi connectivity index (χ0) is 13.0. The molecule has 0 unspecified atom stereocenters. The van der Waals surface area contributed by atoms with E-state index in [1.807, 2.05) is 0 Å². The van der Waals surface area contributed by atoms with Gasteiger partial charge in [-0.1, -0.05) is 0 Å². The first-order valence-corrected chi connectivity index (χ1v) is 4.78. The summed E-state index contributed by atoms with van der Waals surface area (Å²) in [6.45, 7) is 0. The van der Waals surface area contributed by atoms with Crippen LogP contribution in [0.1, 0.15) is 0 Å². The second-order valence-corrected chi connectivity index (χ2v) is 3.14. The topological polar surface area (TPSA) is 59.9 Å². The van der Waals surface area contributed by atoms with E-state index in [4.69, 9.17) is 0 Å². The zero-order valence-electron chi connectivity index (χ0n) is 8.85. The van der Waals surface area contributed by atoms with Crippen LogP contribution in [0.5, 0.6) is 5.75 Å². The summed E-state index contributed by atoms with van der Waals surface area (Å²) in [5.74, 6) is 0.256. The normalized spacial score (nSPS) is 11.1. The first-order valence-electron chi connectivity index (χ1n) is 4.78. The minimum Gasteiger partial charge on any atom is -0.406 e. The molecule has 0 aliphatic heterocycles. The van der Waals surface area contributed by atoms with Crippen LogP contribution in [-0.4, -0.2) is 21.3 Å². The fraction of sp³-hybridized carbons (Fsp3) is 0.100. The summed E-state index contributed by atoms with van der Waals surface area (Å²) in [5, 5.41) is 2.72. The number of hydrogen-bond acceptors (Lipinski definition) is 5. The van der Waals surface area contributed by atoms with Crippen molar-refractivity contribution in [3.63, 3.8) is 0 Å². The molecule has 0 spiro atoms. The van der Waals surface area contributed by atoms with Gasteiger partial charge in [-0.3, -0.25) is 0 Å². The van der Waals surface area contributed by atoms with Gasteiger partial charge in [-0.15, -0.1) is 13.2 Å². The third-order valence-electron chi connectivity index (χ3n) is 1.80. The Bertz CT molecular complexity index is 518. The number of nitrogens with zero attached hydrogens (tertiary/aromatic N) is 3. The number of ether oxygens (including phenoxy) is 1. The maximum absolute atomic E-state index is 12.0. The van der Waals surface area contributed by atoms with Crippen molar-refractivity contribution in [2.45, 2.75) is 6.36 Å². The number of alkyl halides is 3. The van der Waals surface area contributed by atoms with Gasteiger partial charge in [0.2, 0.25) is 0 Å². The molecule has 5 nitrogen and oxygen atoms in total. The number of rotatable bonds is 3. The molecule has 94 valence electrons. The quantitative estimate of drug-likeness (QED) is 0.914. The van der Waals surface area contributed by atoms with Gasteiger partial charge in [0, 0.05) is 18.5 Å². The Morgan fingerprint density at radius 3 is 2.56 bits per heavy atom. The number of pyridine rings is 1. The number of nitrogens with one attached hydrogen (secondary N) is 1. The lowest BCUT2D eigenvalue weighted by Crippen LogP contribution is -2.17. The van der Waals surface area contributed by atoms with Gasteiger partial charge in [0.15, 0.2) is 0 Å². The third-order valence-corrected chi connectivity index (χ3v) is 1.80. The van der Waals surface area contributed by atoms with E-state index in [1.165, 1.54) is 18.7 Å². The molecule has 0 aliphatic carbocycles. The van der Waals surface area contributed by atoms with Gasteiger partial charge in [-0.05, 0) is 12.1 Å². The molecule has 8 heteroatoms. The Labute approximate surface area is 99.7 Å². The number of aromatic nitrogens is 3. The summed E-state index contributed by atoms with van der Waals surface area (Å²) in [4.78, 5) is 11.4. The van der Waals surface area contributed by atoms with Gasteiger partial charge in [-0.2, -0.15) is 0 Å². The highest BCUT2D eigenvalue weighted by atomic mass is 19.4. The van der Waals surface area contributed by atoms with Crippen molar-refractivity contribution < 1.29 is 17.9 Å². The third kappa shape index (κ3) is 3.58. The lowest BCUT2D eigenvalue weighted by atomic mass is 10.4. The molecule has 2 aromatic heterocycles. The molecular weight excluding hydrogens is 249 g/mol. The molecule has 0 amide bonds. The number of anilines is 2. The molecule has 18 heavy (non-hydrogen) atoms. The lowest BCUT2D eigenvalue weighted by molar-refractivity contribution is -0.274. The molecule has 0 bridgehead atoms. The van der Waals surface area contributed by atoms with E-state index in [9.17, 15) is 13.2 Å². The standard InChI is InChI=1S/C10H7F3N4O/c11-10(12,13)18-7-1-4-15-9(5-7)17-8-2-3-14-6-16-8/h1-6H,(H,14,15,16,17). The van der Waals surface area contributed by atoms with Crippen LogP contribution in [0.2, 0.25) is 0 Å². The first kappa shape index (κ1) is 12.1. The van der Waals surface area contributed by atoms with E-state index < -0.39 is 6.36 Å². The van der Waals surface area contributed by atoms with Crippen molar-refractivity contribution >= 4 is 11.6 Å². The predicted molar refractivity (Wildman–Crippen MR) is 56.2 cm³/mol. The second kappa shape index (κ2) is 4.86. The van der Waals surface area contributed by atoms with Crippen LogP contribution in [0, 0.1) is 0 Å². The Kier molecular flexibility index (Phi) is 3.26. The molecule has 0 radical (unpaired) electrons. The van der Waals surface area contributed by atoms with Crippen LogP contribution >= 0.6 is 0 Å². The van der Waals surface area contributed by atoms with Crippen LogP contribution < -0.4 is 10.1 Å². The summed E-state index contributed by atoms with van der Waals surface area (Å²) < 4.78 is 39.8. The first-order chi connectivity index (χ1) is 8.53. The highest BCUT2D eigenvalue weighted by Gasteiger charge is 2.31. The maximum Gasteiger partial charge on any atom is 0.573 e. The van der Waals surface area contributed by atoms with Crippen molar-refractivity contribution in [3.05, 3.63) is 36.9 Å². The van der Waals surface area contributed by atoms with Gasteiger partial charge < -0.3 is 10.1 Å². The summed E-state index contributed by atoms with van der Waals surface area (Å²) in [6, 6.07) is 3.78. The molecule has 1 N–H and O–H groups in total. The Balaban J connectivity index is 2.13. The van der Waals surface area contributed by atoms with E-state index in [0.717, 1.165) is 12.1 Å². The summed E-state index contributed by atoms with van der Waals surface area (Å²) in [6.07, 6.45) is -0.734. The SMILES string of the molecule is FC(F)(F)Oc1ccnc(Nc2ccncn2)c1. The minimum atomic E-state index is -4.73. The predicted octanol–water partition coefficient (Wildman–Crippen LogP) is 2.51. The van der Waals surface area contributed by atoms with Gasteiger partial charge in [0.05, 0.1) is 0 Å². The smallest absolute Gasteiger partial charge is 0.406 e. The fourth-order valence-electron chi connectivity index (χ4n) is 1.17. The molecule has 0 aromatic carbocycles. The van der Waals surface area contributed by atoms with Crippen LogP contribution in [0.3, 0.4) is 0 Å². The highest BCUT2D eigenvalue weighted by Crippen LogP contribution is 2.24. The fourth-order valence-corrected chi connectivity index (χ4v) is 1.17. The van der Waals surface area contributed by atoms with Crippen LogP contribution in [0.4, 0.5) is 24.8 Å². The average Bonchev–Trinajstić information content (AvgIpc) is 2.28. The summed E-state index contributed by atoms with van der Waals surface area (Å²) in [7, 11) is 0. The zero-order valence-corrected chi connectivity index (χ0v) is 8.85. The molecule has 0 saturated carbocycles. The summed E-state index contributed by atoms with van der Waals surface area (Å²) >= 11 is 0. The van der Waals surface area contributed by atoms with Crippen molar-refractivity contribution in [2.75, 3.05) is 5.32 Å². The Hall–Kier alpha value is -2.38. The molecular formula is C10H7F3N4O. The van der Waals surface area contributed by atoms with Crippen molar-refractivity contribution in [1.82, 2.24) is 15.0 Å². The number of hydrogen-bond donors (Lipinski definition) is 1. The minimum absolute atomic E-state index is 0.190. The maximum atomic E-state index is 12.0. The Morgan fingerprint density at radius 2 is 1.89 bits per heavy atom. The van der Waals surface area contributed by atoms with E-state index in [0.29, 0.717) is 5.82 Å². The molecule has 0 atom stereocenters. The Morgan fingerprint density at radius 1 is 1.06 bits per heavy atom.